The lowest BCUT2D eigenvalue weighted by Crippen LogP contribution is -2.36. The van der Waals surface area contributed by atoms with Gasteiger partial charge in [0.25, 0.3) is 5.56 Å². The summed E-state index contributed by atoms with van der Waals surface area (Å²) in [5.41, 5.74) is 3.25. The van der Waals surface area contributed by atoms with E-state index in [1.807, 2.05) is 44.4 Å². The van der Waals surface area contributed by atoms with Gasteiger partial charge in [0.15, 0.2) is 0 Å². The van der Waals surface area contributed by atoms with Crippen LogP contribution in [0.15, 0.2) is 52.6 Å². The van der Waals surface area contributed by atoms with Gasteiger partial charge in [0, 0.05) is 35.4 Å². The molecule has 4 aromatic rings. The number of thiophene rings is 1. The van der Waals surface area contributed by atoms with Crippen molar-refractivity contribution in [1.82, 2.24) is 9.88 Å². The first-order valence-electron chi connectivity index (χ1n) is 11.2. The Morgan fingerprint density at radius 2 is 1.82 bits per heavy atom. The third-order valence-corrected chi connectivity index (χ3v) is 6.71. The number of nitrogens with zero attached hydrogens (tertiary/aromatic N) is 1. The van der Waals surface area contributed by atoms with Crippen LogP contribution in [0.4, 0.5) is 4.79 Å². The fraction of sp³-hybridized carbons (Fsp3) is 0.333. The van der Waals surface area contributed by atoms with Crippen LogP contribution in [0.5, 0.6) is 5.75 Å². The summed E-state index contributed by atoms with van der Waals surface area (Å²) >= 11 is 1.44. The number of ether oxygens (including phenoxy) is 2. The highest BCUT2D eigenvalue weighted by atomic mass is 32.1. The van der Waals surface area contributed by atoms with E-state index in [4.69, 9.17) is 9.47 Å². The van der Waals surface area contributed by atoms with E-state index in [0.29, 0.717) is 11.2 Å². The molecule has 6 nitrogen and oxygen atoms in total. The first-order chi connectivity index (χ1) is 16.1. The van der Waals surface area contributed by atoms with Gasteiger partial charge in [-0.25, -0.2) is 4.79 Å². The Kier molecular flexibility index (Phi) is 6.41. The number of carbonyl (C=O) groups excluding carboxylic acids is 1. The molecule has 0 aliphatic rings. The van der Waals surface area contributed by atoms with Crippen LogP contribution in [0.2, 0.25) is 0 Å². The number of aromatic amines is 1. The predicted molar refractivity (Wildman–Crippen MR) is 139 cm³/mol. The maximum Gasteiger partial charge on any atom is 0.410 e. The number of methoxy groups -OCH3 is 1. The van der Waals surface area contributed by atoms with Gasteiger partial charge in [-0.1, -0.05) is 31.2 Å². The number of nitrogens with one attached hydrogen (secondary N) is 1. The second-order valence-corrected chi connectivity index (χ2v) is 10.5. The summed E-state index contributed by atoms with van der Waals surface area (Å²) in [5.74, 6) is 0.874. The zero-order valence-corrected chi connectivity index (χ0v) is 21.2. The molecule has 4 rings (SSSR count). The number of rotatable bonds is 5. The molecule has 0 saturated heterocycles. The van der Waals surface area contributed by atoms with Gasteiger partial charge in [-0.2, -0.15) is 0 Å². The lowest BCUT2D eigenvalue weighted by molar-refractivity contribution is 0.0291. The highest BCUT2D eigenvalue weighted by Crippen LogP contribution is 2.40. The Bertz CT molecular complexity index is 1400. The number of hydrogen-bond donors (Lipinski definition) is 1. The number of fused-ring (bicyclic) bond motifs is 3. The van der Waals surface area contributed by atoms with E-state index in [2.05, 4.69) is 36.2 Å². The second kappa shape index (κ2) is 9.14. The molecule has 34 heavy (non-hydrogen) atoms. The number of carbonyl (C=O) groups is 1. The first-order valence-corrected chi connectivity index (χ1v) is 12.1. The quantitative estimate of drug-likeness (QED) is 0.361. The summed E-state index contributed by atoms with van der Waals surface area (Å²) in [7, 11) is 3.41. The maximum atomic E-state index is 12.5. The van der Waals surface area contributed by atoms with Gasteiger partial charge in [-0.3, -0.25) is 4.79 Å². The Morgan fingerprint density at radius 1 is 1.12 bits per heavy atom. The van der Waals surface area contributed by atoms with Crippen LogP contribution in [-0.4, -0.2) is 42.3 Å². The Labute approximate surface area is 203 Å². The Hall–Kier alpha value is -3.32. The van der Waals surface area contributed by atoms with E-state index in [9.17, 15) is 9.59 Å². The SMILES string of the molecule is COc1ccc2[nH]c(=O)c3sccc3c2c1-c1ccc(C(C)CN(C)C(=O)OC(C)(C)C)cc1. The van der Waals surface area contributed by atoms with Crippen molar-refractivity contribution in [1.29, 1.82) is 0 Å². The zero-order valence-electron chi connectivity index (χ0n) is 20.4. The zero-order chi connectivity index (χ0) is 24.6. The van der Waals surface area contributed by atoms with E-state index >= 15 is 0 Å². The maximum absolute atomic E-state index is 12.5. The number of benzene rings is 2. The van der Waals surface area contributed by atoms with Gasteiger partial charge in [-0.05, 0) is 61.4 Å². The molecule has 1 atom stereocenters. The molecule has 2 heterocycles. The standard InChI is InChI=1S/C27H30N2O4S/c1-16(15-29(5)26(31)33-27(2,3)4)17-7-9-18(10-8-17)22-21(32-6)12-11-20-23(22)19-13-14-34-24(19)25(30)28-20/h7-14,16H,15H2,1-6H3,(H,28,30). The average molecular weight is 479 g/mol. The van der Waals surface area contributed by atoms with Crippen molar-refractivity contribution in [2.75, 3.05) is 20.7 Å². The van der Waals surface area contributed by atoms with Crippen LogP contribution < -0.4 is 10.3 Å². The molecule has 0 saturated carbocycles. The van der Waals surface area contributed by atoms with Crippen LogP contribution in [0.25, 0.3) is 32.1 Å². The van der Waals surface area contributed by atoms with E-state index in [1.54, 1.807) is 19.1 Å². The summed E-state index contributed by atoms with van der Waals surface area (Å²) in [6.45, 7) is 8.22. The molecule has 7 heteroatoms. The lowest BCUT2D eigenvalue weighted by atomic mass is 9.94. The molecule has 0 spiro atoms. The molecule has 1 N–H and O–H groups in total. The molecule has 0 bridgehead atoms. The minimum absolute atomic E-state index is 0.0769. The molecule has 2 aromatic heterocycles. The van der Waals surface area contributed by atoms with Gasteiger partial charge in [-0.15, -0.1) is 11.3 Å². The fourth-order valence-corrected chi connectivity index (χ4v) is 4.99. The summed E-state index contributed by atoms with van der Waals surface area (Å²) in [6.07, 6.45) is -0.328. The van der Waals surface area contributed by atoms with Crippen LogP contribution in [0.3, 0.4) is 0 Å². The highest BCUT2D eigenvalue weighted by molar-refractivity contribution is 7.17. The van der Waals surface area contributed by atoms with Crippen LogP contribution in [0, 0.1) is 0 Å². The summed E-state index contributed by atoms with van der Waals surface area (Å²) in [5, 5.41) is 3.84. The van der Waals surface area contributed by atoms with Crippen LogP contribution in [-0.2, 0) is 4.74 Å². The first kappa shape index (κ1) is 23.8. The van der Waals surface area contributed by atoms with Crippen molar-refractivity contribution in [3.8, 4) is 16.9 Å². The van der Waals surface area contributed by atoms with E-state index in [1.165, 1.54) is 11.3 Å². The molecule has 0 aliphatic heterocycles. The molecule has 0 fully saturated rings. The molecule has 1 unspecified atom stereocenters. The van der Waals surface area contributed by atoms with E-state index in [0.717, 1.165) is 38.7 Å². The third kappa shape index (κ3) is 4.66. The van der Waals surface area contributed by atoms with Crippen LogP contribution in [0.1, 0.15) is 39.2 Å². The monoisotopic (exact) mass is 478 g/mol. The molecule has 0 radical (unpaired) electrons. The molecular formula is C27H30N2O4S. The molecule has 178 valence electrons. The second-order valence-electron chi connectivity index (χ2n) is 9.57. The molecule has 2 aromatic carbocycles. The Morgan fingerprint density at radius 3 is 2.47 bits per heavy atom. The van der Waals surface area contributed by atoms with Crippen molar-refractivity contribution in [2.45, 2.75) is 39.2 Å². The lowest BCUT2D eigenvalue weighted by Gasteiger charge is -2.26. The van der Waals surface area contributed by atoms with Crippen molar-refractivity contribution < 1.29 is 14.3 Å². The minimum atomic E-state index is -0.522. The van der Waals surface area contributed by atoms with Gasteiger partial charge in [0.2, 0.25) is 0 Å². The number of aromatic nitrogens is 1. The normalized spacial score (nSPS) is 12.6. The van der Waals surface area contributed by atoms with E-state index < -0.39 is 5.60 Å². The molecule has 0 aliphatic carbocycles. The number of hydrogen-bond acceptors (Lipinski definition) is 5. The summed E-state index contributed by atoms with van der Waals surface area (Å²) < 4.78 is 11.9. The van der Waals surface area contributed by atoms with Crippen molar-refractivity contribution in [2.24, 2.45) is 0 Å². The van der Waals surface area contributed by atoms with Gasteiger partial charge in [0.1, 0.15) is 16.1 Å². The largest absolute Gasteiger partial charge is 0.496 e. The third-order valence-electron chi connectivity index (χ3n) is 5.80. The van der Waals surface area contributed by atoms with Crippen molar-refractivity contribution in [3.05, 3.63) is 63.8 Å². The summed E-state index contributed by atoms with van der Waals surface area (Å²) in [4.78, 5) is 29.4. The average Bonchev–Trinajstić information content (AvgIpc) is 3.28. The number of H-pyrrole nitrogens is 1. The number of likely N-dealkylation sites (N-methyl/N-ethyl adjacent to an activating group) is 1. The van der Waals surface area contributed by atoms with Gasteiger partial charge in [0.05, 0.1) is 7.11 Å². The van der Waals surface area contributed by atoms with Gasteiger partial charge < -0.3 is 19.4 Å². The smallest absolute Gasteiger partial charge is 0.410 e. The summed E-state index contributed by atoms with van der Waals surface area (Å²) in [6, 6.07) is 14.1. The molecular weight excluding hydrogens is 448 g/mol. The fourth-order valence-electron chi connectivity index (χ4n) is 4.19. The van der Waals surface area contributed by atoms with Gasteiger partial charge >= 0.3 is 6.09 Å². The minimum Gasteiger partial charge on any atom is -0.496 e. The number of pyridine rings is 1. The Balaban J connectivity index is 1.68. The topological polar surface area (TPSA) is 71.6 Å². The van der Waals surface area contributed by atoms with Crippen molar-refractivity contribution in [3.63, 3.8) is 0 Å². The molecule has 1 amide bonds. The van der Waals surface area contributed by atoms with Crippen LogP contribution >= 0.6 is 11.3 Å². The van der Waals surface area contributed by atoms with Crippen molar-refractivity contribution >= 4 is 38.4 Å². The highest BCUT2D eigenvalue weighted by Gasteiger charge is 2.22. The number of amides is 1. The predicted octanol–water partition coefficient (Wildman–Crippen LogP) is 6.39. The van der Waals surface area contributed by atoms with E-state index in [-0.39, 0.29) is 17.6 Å².